The van der Waals surface area contributed by atoms with E-state index in [1.54, 1.807) is 26.2 Å². The quantitative estimate of drug-likeness (QED) is 0.668. The average molecular weight is 389 g/mol. The van der Waals surface area contributed by atoms with Crippen LogP contribution in [0.1, 0.15) is 25.3 Å². The molecule has 7 nitrogen and oxygen atoms in total. The normalized spacial score (nSPS) is 20.9. The summed E-state index contributed by atoms with van der Waals surface area (Å²) >= 11 is 0. The molecule has 1 unspecified atom stereocenters. The number of nitrogens with zero attached hydrogens (tertiary/aromatic N) is 3. The summed E-state index contributed by atoms with van der Waals surface area (Å²) in [4.78, 5) is 31.2. The lowest BCUT2D eigenvalue weighted by Gasteiger charge is -2.44. The Labute approximate surface area is 167 Å². The van der Waals surface area contributed by atoms with E-state index in [9.17, 15) is 9.59 Å². The summed E-state index contributed by atoms with van der Waals surface area (Å²) in [6, 6.07) is 7.98. The number of likely N-dealkylation sites (N-methyl/N-ethyl adjacent to an activating group) is 1. The van der Waals surface area contributed by atoms with Crippen molar-refractivity contribution >= 4 is 11.9 Å². The zero-order chi connectivity index (χ0) is 20.3. The second-order valence-electron chi connectivity index (χ2n) is 7.77. The predicted molar refractivity (Wildman–Crippen MR) is 106 cm³/mol. The Hall–Kier alpha value is -2.12. The van der Waals surface area contributed by atoms with Crippen molar-refractivity contribution in [3.05, 3.63) is 29.8 Å². The van der Waals surface area contributed by atoms with Gasteiger partial charge in [-0.05, 0) is 43.9 Å². The maximum atomic E-state index is 13.0. The standard InChI is InChI=1S/C21H31N3O4/c1-16(15-27-3)23-13-10-21(11-14-23)19(25)22(2)20(26)24(21)12-9-17-5-7-18(28-4)8-6-17/h5-8,16H,9-15H2,1-4H3. The number of imide groups is 1. The lowest BCUT2D eigenvalue weighted by molar-refractivity contribution is -0.135. The number of hydrogen-bond donors (Lipinski definition) is 0. The molecule has 0 saturated carbocycles. The van der Waals surface area contributed by atoms with Gasteiger partial charge in [-0.15, -0.1) is 0 Å². The topological polar surface area (TPSA) is 62.3 Å². The molecule has 0 bridgehead atoms. The van der Waals surface area contributed by atoms with Crippen LogP contribution in [0.2, 0.25) is 0 Å². The van der Waals surface area contributed by atoms with Gasteiger partial charge in [0.1, 0.15) is 11.3 Å². The largest absolute Gasteiger partial charge is 0.497 e. The Kier molecular flexibility index (Phi) is 6.25. The van der Waals surface area contributed by atoms with Crippen molar-refractivity contribution in [2.24, 2.45) is 0 Å². The molecule has 2 saturated heterocycles. The molecule has 1 aromatic carbocycles. The first kappa shape index (κ1) is 20.6. The molecule has 1 aromatic rings. The van der Waals surface area contributed by atoms with Gasteiger partial charge in [0.25, 0.3) is 5.91 Å². The van der Waals surface area contributed by atoms with Crippen molar-refractivity contribution in [2.75, 3.05) is 47.5 Å². The highest BCUT2D eigenvalue weighted by Gasteiger charge is 2.56. The minimum absolute atomic E-state index is 0.0636. The van der Waals surface area contributed by atoms with Crippen molar-refractivity contribution in [2.45, 2.75) is 37.8 Å². The molecule has 28 heavy (non-hydrogen) atoms. The molecular weight excluding hydrogens is 358 g/mol. The number of urea groups is 1. The highest BCUT2D eigenvalue weighted by atomic mass is 16.5. The number of rotatable bonds is 7. The summed E-state index contributed by atoms with van der Waals surface area (Å²) in [7, 11) is 4.94. The van der Waals surface area contributed by atoms with Gasteiger partial charge in [0, 0.05) is 39.8 Å². The summed E-state index contributed by atoms with van der Waals surface area (Å²) in [5, 5.41) is 0. The van der Waals surface area contributed by atoms with Gasteiger partial charge in [-0.2, -0.15) is 0 Å². The Balaban J connectivity index is 1.71. The molecule has 0 aliphatic carbocycles. The molecule has 1 atom stereocenters. The van der Waals surface area contributed by atoms with Gasteiger partial charge in [-0.1, -0.05) is 12.1 Å². The second kappa shape index (κ2) is 8.49. The Morgan fingerprint density at radius 1 is 1.11 bits per heavy atom. The third kappa shape index (κ3) is 3.73. The van der Waals surface area contributed by atoms with Gasteiger partial charge in [0.15, 0.2) is 0 Å². The van der Waals surface area contributed by atoms with Crippen molar-refractivity contribution in [1.82, 2.24) is 14.7 Å². The van der Waals surface area contributed by atoms with Gasteiger partial charge >= 0.3 is 6.03 Å². The third-order valence-corrected chi connectivity index (χ3v) is 6.18. The van der Waals surface area contributed by atoms with Crippen LogP contribution in [-0.2, 0) is 16.0 Å². The van der Waals surface area contributed by atoms with Crippen molar-refractivity contribution in [1.29, 1.82) is 0 Å². The molecular formula is C21H31N3O4. The molecule has 2 fully saturated rings. The first-order valence-corrected chi connectivity index (χ1v) is 9.88. The first-order chi connectivity index (χ1) is 13.4. The molecule has 7 heteroatoms. The monoisotopic (exact) mass is 389 g/mol. The Bertz CT molecular complexity index is 698. The van der Waals surface area contributed by atoms with Gasteiger partial charge in [0.05, 0.1) is 13.7 Å². The summed E-state index contributed by atoms with van der Waals surface area (Å²) in [5.41, 5.74) is 0.415. The molecule has 0 N–H and O–H groups in total. The number of methoxy groups -OCH3 is 2. The summed E-state index contributed by atoms with van der Waals surface area (Å²) in [6.07, 6.45) is 2.04. The van der Waals surface area contributed by atoms with Crippen LogP contribution in [0.3, 0.4) is 0 Å². The lowest BCUT2D eigenvalue weighted by Crippen LogP contribution is -2.58. The van der Waals surface area contributed by atoms with E-state index in [1.807, 2.05) is 24.3 Å². The van der Waals surface area contributed by atoms with E-state index in [1.165, 1.54) is 4.90 Å². The number of ether oxygens (including phenoxy) is 2. The van der Waals surface area contributed by atoms with Gasteiger partial charge < -0.3 is 14.4 Å². The zero-order valence-electron chi connectivity index (χ0n) is 17.3. The minimum atomic E-state index is -0.707. The Morgan fingerprint density at radius 2 is 1.75 bits per heavy atom. The lowest BCUT2D eigenvalue weighted by atomic mass is 9.85. The van der Waals surface area contributed by atoms with Crippen molar-refractivity contribution in [3.63, 3.8) is 0 Å². The van der Waals surface area contributed by atoms with Crippen LogP contribution in [0.15, 0.2) is 24.3 Å². The highest BCUT2D eigenvalue weighted by molar-refractivity contribution is 6.06. The van der Waals surface area contributed by atoms with Crippen LogP contribution in [0.4, 0.5) is 4.79 Å². The SMILES string of the molecule is COCC(C)N1CCC2(CC1)C(=O)N(C)C(=O)N2CCc1ccc(OC)cc1. The van der Waals surface area contributed by atoms with Crippen LogP contribution in [0.25, 0.3) is 0 Å². The van der Waals surface area contributed by atoms with Crippen LogP contribution in [-0.4, -0.2) is 85.7 Å². The molecule has 154 valence electrons. The van der Waals surface area contributed by atoms with E-state index >= 15 is 0 Å². The summed E-state index contributed by atoms with van der Waals surface area (Å²) in [6.45, 7) is 4.92. The highest BCUT2D eigenvalue weighted by Crippen LogP contribution is 2.37. The molecule has 2 heterocycles. The maximum Gasteiger partial charge on any atom is 0.327 e. The second-order valence-corrected chi connectivity index (χ2v) is 7.77. The molecule has 2 aliphatic rings. The number of carbonyl (C=O) groups excluding carboxylic acids is 2. The van der Waals surface area contributed by atoms with E-state index in [-0.39, 0.29) is 11.9 Å². The number of benzene rings is 1. The van der Waals surface area contributed by atoms with E-state index < -0.39 is 5.54 Å². The fraction of sp³-hybridized carbons (Fsp3) is 0.619. The first-order valence-electron chi connectivity index (χ1n) is 9.88. The Morgan fingerprint density at radius 3 is 2.32 bits per heavy atom. The van der Waals surface area contributed by atoms with E-state index in [0.717, 1.165) is 24.4 Å². The molecule has 0 aromatic heterocycles. The van der Waals surface area contributed by atoms with Crippen LogP contribution in [0, 0.1) is 0 Å². The van der Waals surface area contributed by atoms with Gasteiger partial charge in [-0.3, -0.25) is 14.6 Å². The van der Waals surface area contributed by atoms with Crippen LogP contribution < -0.4 is 4.74 Å². The third-order valence-electron chi connectivity index (χ3n) is 6.18. The van der Waals surface area contributed by atoms with Gasteiger partial charge in [0.2, 0.25) is 0 Å². The number of hydrogen-bond acceptors (Lipinski definition) is 5. The number of amides is 3. The molecule has 0 radical (unpaired) electrons. The molecule has 3 amide bonds. The average Bonchev–Trinajstić information content (AvgIpc) is 2.89. The zero-order valence-corrected chi connectivity index (χ0v) is 17.3. The summed E-state index contributed by atoms with van der Waals surface area (Å²) < 4.78 is 10.5. The van der Waals surface area contributed by atoms with Crippen molar-refractivity contribution in [3.8, 4) is 5.75 Å². The predicted octanol–water partition coefficient (Wildman–Crippen LogP) is 2.00. The van der Waals surface area contributed by atoms with Crippen molar-refractivity contribution < 1.29 is 19.1 Å². The minimum Gasteiger partial charge on any atom is -0.497 e. The number of carbonyl (C=O) groups is 2. The van der Waals surface area contributed by atoms with Crippen LogP contribution >= 0.6 is 0 Å². The maximum absolute atomic E-state index is 13.0. The summed E-state index contributed by atoms with van der Waals surface area (Å²) in [5.74, 6) is 0.746. The smallest absolute Gasteiger partial charge is 0.327 e. The fourth-order valence-corrected chi connectivity index (χ4v) is 4.39. The fourth-order valence-electron chi connectivity index (χ4n) is 4.39. The number of piperidine rings is 1. The molecule has 1 spiro atoms. The van der Waals surface area contributed by atoms with E-state index in [0.29, 0.717) is 38.5 Å². The van der Waals surface area contributed by atoms with Gasteiger partial charge in [-0.25, -0.2) is 4.79 Å². The number of likely N-dealkylation sites (tertiary alicyclic amines) is 1. The molecule has 2 aliphatic heterocycles. The van der Waals surface area contributed by atoms with Crippen LogP contribution in [0.5, 0.6) is 5.75 Å². The molecule has 3 rings (SSSR count). The van der Waals surface area contributed by atoms with E-state index in [4.69, 9.17) is 9.47 Å². The van der Waals surface area contributed by atoms with E-state index in [2.05, 4.69) is 11.8 Å².